The maximum Gasteiger partial charge on any atom is 0.219 e. The maximum atomic E-state index is 13.1. The number of carbonyl (C=O) groups excluding carboxylic acids is 1. The highest BCUT2D eigenvalue weighted by Gasteiger charge is 2.40. The highest BCUT2D eigenvalue weighted by molar-refractivity contribution is 7.90. The number of pyridine rings is 1. The Morgan fingerprint density at radius 2 is 1.90 bits per heavy atom. The van der Waals surface area contributed by atoms with Crippen LogP contribution in [0.1, 0.15) is 39.8 Å². The van der Waals surface area contributed by atoms with Crippen molar-refractivity contribution < 1.29 is 13.2 Å². The number of nitrogens with two attached hydrogens (primary N) is 1. The van der Waals surface area contributed by atoms with Crippen LogP contribution in [0.5, 0.6) is 0 Å². The van der Waals surface area contributed by atoms with Crippen molar-refractivity contribution in [2.24, 2.45) is 12.2 Å². The fourth-order valence-electron chi connectivity index (χ4n) is 3.49. The number of primary sulfonamides is 1. The van der Waals surface area contributed by atoms with E-state index >= 15 is 0 Å². The molecule has 0 saturated carbocycles. The molecule has 30 heavy (non-hydrogen) atoms. The maximum absolute atomic E-state index is 13.1. The van der Waals surface area contributed by atoms with Crippen LogP contribution in [0.4, 0.5) is 0 Å². The Kier molecular flexibility index (Phi) is 6.11. The summed E-state index contributed by atoms with van der Waals surface area (Å²) < 4.78 is 25.3. The van der Waals surface area contributed by atoms with Crippen molar-refractivity contribution in [2.45, 2.75) is 25.0 Å². The van der Waals surface area contributed by atoms with Crippen molar-refractivity contribution in [2.75, 3.05) is 0 Å². The van der Waals surface area contributed by atoms with Gasteiger partial charge >= 0.3 is 0 Å². The molecule has 0 aliphatic carbocycles. The summed E-state index contributed by atoms with van der Waals surface area (Å²) in [6, 6.07) is 9.82. The summed E-state index contributed by atoms with van der Waals surface area (Å²) in [5.41, 5.74) is 2.67. The van der Waals surface area contributed by atoms with E-state index < -0.39 is 14.8 Å². The number of rotatable bonds is 6. The second kappa shape index (κ2) is 8.15. The number of carbonyl (C=O) groups is 1. The van der Waals surface area contributed by atoms with Crippen molar-refractivity contribution in [1.29, 1.82) is 0 Å². The van der Waals surface area contributed by atoms with Crippen molar-refractivity contribution >= 4 is 39.0 Å². The van der Waals surface area contributed by atoms with E-state index in [1.165, 1.54) is 12.3 Å². The molecule has 1 unspecified atom stereocenters. The number of ketones is 1. The zero-order chi connectivity index (χ0) is 22.3. The van der Waals surface area contributed by atoms with E-state index in [0.29, 0.717) is 33.1 Å². The van der Waals surface area contributed by atoms with Crippen molar-refractivity contribution in [3.63, 3.8) is 0 Å². The number of hydrogen-bond acceptors (Lipinski definition) is 4. The van der Waals surface area contributed by atoms with E-state index in [2.05, 4.69) is 4.98 Å². The fourth-order valence-corrected chi connectivity index (χ4v) is 4.58. The first-order valence-corrected chi connectivity index (χ1v) is 11.3. The molecule has 0 aliphatic rings. The van der Waals surface area contributed by atoms with Gasteiger partial charge in [0.1, 0.15) is 4.75 Å². The quantitative estimate of drug-likeness (QED) is 0.556. The first-order chi connectivity index (χ1) is 14.0. The van der Waals surface area contributed by atoms with Crippen molar-refractivity contribution in [1.82, 2.24) is 9.55 Å². The zero-order valence-electron chi connectivity index (χ0n) is 16.7. The van der Waals surface area contributed by atoms with Gasteiger partial charge in [-0.05, 0) is 55.3 Å². The molecule has 9 heteroatoms. The first-order valence-electron chi connectivity index (χ1n) is 9.03. The third-order valence-electron chi connectivity index (χ3n) is 5.34. The van der Waals surface area contributed by atoms with Gasteiger partial charge in [-0.3, -0.25) is 9.78 Å². The lowest BCUT2D eigenvalue weighted by Gasteiger charge is -2.27. The monoisotopic (exact) mass is 465 g/mol. The van der Waals surface area contributed by atoms with Gasteiger partial charge in [-0.15, -0.1) is 0 Å². The average molecular weight is 466 g/mol. The molecule has 0 saturated heterocycles. The lowest BCUT2D eigenvalue weighted by Crippen LogP contribution is -2.40. The van der Waals surface area contributed by atoms with Crippen molar-refractivity contribution in [3.05, 3.63) is 86.9 Å². The Morgan fingerprint density at radius 1 is 1.20 bits per heavy atom. The number of aryl methyl sites for hydroxylation is 1. The molecule has 0 aliphatic heterocycles. The minimum atomic E-state index is -3.99. The van der Waals surface area contributed by atoms with Crippen LogP contribution in [0.25, 0.3) is 0 Å². The number of benzene rings is 1. The van der Waals surface area contributed by atoms with Gasteiger partial charge in [-0.25, -0.2) is 13.6 Å². The molecule has 2 N–H and O–H groups in total. The molecule has 6 nitrogen and oxygen atoms in total. The SMILES string of the molecule is Cc1cc(CC(C)(c2cccnc2)S(N)(=O)=O)n(C)c1C(=O)c1ccc(Cl)c(Cl)c1. The normalized spacial score (nSPS) is 13.8. The van der Waals surface area contributed by atoms with Crippen molar-refractivity contribution in [3.8, 4) is 0 Å². The highest BCUT2D eigenvalue weighted by atomic mass is 35.5. The van der Waals surface area contributed by atoms with Gasteiger partial charge in [0.05, 0.1) is 15.7 Å². The number of nitrogens with zero attached hydrogens (tertiary/aromatic N) is 2. The molecule has 0 bridgehead atoms. The second-order valence-electron chi connectivity index (χ2n) is 7.38. The lowest BCUT2D eigenvalue weighted by molar-refractivity contribution is 0.103. The van der Waals surface area contributed by atoms with E-state index in [0.717, 1.165) is 0 Å². The van der Waals surface area contributed by atoms with Crippen LogP contribution in [0.3, 0.4) is 0 Å². The molecule has 3 aromatic rings. The Bertz CT molecular complexity index is 1220. The van der Waals surface area contributed by atoms with Gasteiger partial charge in [0.25, 0.3) is 0 Å². The molecule has 2 heterocycles. The fraction of sp³-hybridized carbons (Fsp3) is 0.238. The number of aromatic nitrogens is 2. The van der Waals surface area contributed by atoms with Gasteiger partial charge in [0.15, 0.2) is 0 Å². The number of halogens is 2. The second-order valence-corrected chi connectivity index (χ2v) is 10.2. The van der Waals surface area contributed by atoms with Crippen LogP contribution < -0.4 is 5.14 Å². The summed E-state index contributed by atoms with van der Waals surface area (Å²) >= 11 is 12.0. The molecule has 0 fully saturated rings. The van der Waals surface area contributed by atoms with E-state index in [4.69, 9.17) is 28.3 Å². The molecule has 0 radical (unpaired) electrons. The summed E-state index contributed by atoms with van der Waals surface area (Å²) in [6.07, 6.45) is 3.12. The van der Waals surface area contributed by atoms with Crippen LogP contribution in [-0.2, 0) is 28.2 Å². The first kappa shape index (κ1) is 22.5. The van der Waals surface area contributed by atoms with E-state index in [1.807, 2.05) is 0 Å². The van der Waals surface area contributed by atoms with E-state index in [1.54, 1.807) is 62.0 Å². The largest absolute Gasteiger partial charge is 0.345 e. The summed E-state index contributed by atoms with van der Waals surface area (Å²) in [7, 11) is -2.27. The van der Waals surface area contributed by atoms with Gasteiger partial charge in [-0.1, -0.05) is 29.3 Å². The highest BCUT2D eigenvalue weighted by Crippen LogP contribution is 2.33. The standard InChI is InChI=1S/C21H21Cl2N3O3S/c1-13-9-16(11-21(2,30(24,28)29)15-5-4-8-25-12-15)26(3)19(13)20(27)14-6-7-17(22)18(23)10-14/h4-10,12H,11H2,1-3H3,(H2,24,28,29). The third kappa shape index (κ3) is 4.03. The smallest absolute Gasteiger partial charge is 0.219 e. The number of sulfonamides is 1. The molecular weight excluding hydrogens is 445 g/mol. The van der Waals surface area contributed by atoms with Gasteiger partial charge < -0.3 is 4.57 Å². The molecular formula is C21H21Cl2N3O3S. The predicted octanol–water partition coefficient (Wildman–Crippen LogP) is 4.01. The van der Waals surface area contributed by atoms with E-state index in [-0.39, 0.29) is 17.2 Å². The summed E-state index contributed by atoms with van der Waals surface area (Å²) in [4.78, 5) is 17.2. The Morgan fingerprint density at radius 3 is 2.47 bits per heavy atom. The molecule has 2 aromatic heterocycles. The Hall–Kier alpha value is -2.19. The molecule has 1 atom stereocenters. The molecule has 0 spiro atoms. The summed E-state index contributed by atoms with van der Waals surface area (Å²) in [5, 5.41) is 6.26. The third-order valence-corrected chi connectivity index (χ3v) is 7.71. The Labute approximate surface area is 185 Å². The van der Waals surface area contributed by atoms with Crippen LogP contribution in [0.2, 0.25) is 10.0 Å². The minimum absolute atomic E-state index is 0.0729. The molecule has 1 aromatic carbocycles. The average Bonchev–Trinajstić information content (AvgIpc) is 2.96. The topological polar surface area (TPSA) is 95.0 Å². The zero-order valence-corrected chi connectivity index (χ0v) is 19.0. The Balaban J connectivity index is 2.06. The van der Waals surface area contributed by atoms with Crippen LogP contribution in [0.15, 0.2) is 48.8 Å². The van der Waals surface area contributed by atoms with Crippen LogP contribution in [0, 0.1) is 6.92 Å². The van der Waals surface area contributed by atoms with Crippen LogP contribution in [-0.4, -0.2) is 23.8 Å². The molecule has 3 rings (SSSR count). The minimum Gasteiger partial charge on any atom is -0.345 e. The number of hydrogen-bond donors (Lipinski definition) is 1. The predicted molar refractivity (Wildman–Crippen MR) is 118 cm³/mol. The van der Waals surface area contributed by atoms with E-state index in [9.17, 15) is 13.2 Å². The lowest BCUT2D eigenvalue weighted by atomic mass is 9.96. The van der Waals surface area contributed by atoms with Crippen LogP contribution >= 0.6 is 23.2 Å². The summed E-state index contributed by atoms with van der Waals surface area (Å²) in [6.45, 7) is 3.36. The molecule has 158 valence electrons. The van der Waals surface area contributed by atoms with Gasteiger partial charge in [0, 0.05) is 37.1 Å². The molecule has 0 amide bonds. The van der Waals surface area contributed by atoms with Gasteiger partial charge in [-0.2, -0.15) is 0 Å². The van der Waals surface area contributed by atoms with Gasteiger partial charge in [0.2, 0.25) is 15.8 Å². The summed E-state index contributed by atoms with van der Waals surface area (Å²) in [5.74, 6) is -0.237.